The number of alkyl halides is 1. The number of hydrogen-bond acceptors (Lipinski definition) is 3. The molecular formula is C14H18BrFO3. The maximum atomic E-state index is 13.9. The number of halogens is 2. The molecule has 2 rings (SSSR count). The minimum absolute atomic E-state index is 0.0601. The lowest BCUT2D eigenvalue weighted by Gasteiger charge is -2.40. The van der Waals surface area contributed by atoms with E-state index in [1.165, 1.54) is 0 Å². The highest BCUT2D eigenvalue weighted by Crippen LogP contribution is 2.35. The number of aryl methyl sites for hydroxylation is 1. The zero-order chi connectivity index (χ0) is 13.8. The number of ether oxygens (including phenoxy) is 3. The van der Waals surface area contributed by atoms with Crippen LogP contribution >= 0.6 is 15.9 Å². The van der Waals surface area contributed by atoms with E-state index in [1.807, 2.05) is 0 Å². The van der Waals surface area contributed by atoms with Crippen molar-refractivity contribution in [2.45, 2.75) is 30.4 Å². The van der Waals surface area contributed by atoms with Gasteiger partial charge in [-0.1, -0.05) is 28.1 Å². The molecule has 0 N–H and O–H groups in total. The van der Waals surface area contributed by atoms with Gasteiger partial charge in [0.1, 0.15) is 12.2 Å². The molecule has 0 amide bonds. The number of hydrogen-bond donors (Lipinski definition) is 0. The summed E-state index contributed by atoms with van der Waals surface area (Å²) in [6, 6.07) is 5.16. The summed E-state index contributed by atoms with van der Waals surface area (Å²) < 4.78 is 30.2. The van der Waals surface area contributed by atoms with Crippen LogP contribution in [-0.4, -0.2) is 37.4 Å². The van der Waals surface area contributed by atoms with Crippen LogP contribution in [0.5, 0.6) is 5.75 Å². The topological polar surface area (TPSA) is 27.7 Å². The van der Waals surface area contributed by atoms with E-state index in [1.54, 1.807) is 32.2 Å². The largest absolute Gasteiger partial charge is 0.485 e. The molecule has 19 heavy (non-hydrogen) atoms. The lowest BCUT2D eigenvalue weighted by molar-refractivity contribution is -0.0874. The van der Waals surface area contributed by atoms with E-state index in [0.717, 1.165) is 6.42 Å². The molecule has 5 heteroatoms. The molecule has 0 radical (unpaired) electrons. The Morgan fingerprint density at radius 2 is 2.16 bits per heavy atom. The number of methoxy groups -OCH3 is 1. The molecule has 3 unspecified atom stereocenters. The van der Waals surface area contributed by atoms with Crippen LogP contribution in [0, 0.1) is 12.7 Å². The molecule has 1 saturated carbocycles. The van der Waals surface area contributed by atoms with Crippen molar-refractivity contribution in [3.63, 3.8) is 0 Å². The Kier molecular flexibility index (Phi) is 5.19. The van der Waals surface area contributed by atoms with E-state index >= 15 is 0 Å². The molecule has 0 aliphatic heterocycles. The van der Waals surface area contributed by atoms with Gasteiger partial charge < -0.3 is 14.2 Å². The zero-order valence-corrected chi connectivity index (χ0v) is 12.7. The first-order chi connectivity index (χ1) is 9.13. The van der Waals surface area contributed by atoms with E-state index in [-0.39, 0.29) is 22.9 Å². The Balaban J connectivity index is 1.93. The lowest BCUT2D eigenvalue weighted by atomic mass is 9.91. The van der Waals surface area contributed by atoms with Crippen molar-refractivity contribution in [1.29, 1.82) is 0 Å². The van der Waals surface area contributed by atoms with Crippen LogP contribution in [0.1, 0.15) is 12.0 Å². The van der Waals surface area contributed by atoms with Crippen molar-refractivity contribution in [2.75, 3.05) is 20.3 Å². The molecule has 1 aliphatic rings. The molecule has 1 aliphatic carbocycles. The molecule has 1 fully saturated rings. The van der Waals surface area contributed by atoms with Crippen molar-refractivity contribution in [2.24, 2.45) is 0 Å². The fraction of sp³-hybridized carbons (Fsp3) is 0.571. The summed E-state index contributed by atoms with van der Waals surface area (Å²) in [6.07, 6.45) is 0.637. The Bertz CT molecular complexity index is 427. The van der Waals surface area contributed by atoms with Gasteiger partial charge in [0.25, 0.3) is 0 Å². The van der Waals surface area contributed by atoms with Gasteiger partial charge in [0.05, 0.1) is 13.2 Å². The summed E-state index contributed by atoms with van der Waals surface area (Å²) in [6.45, 7) is 2.78. The highest BCUT2D eigenvalue weighted by atomic mass is 79.9. The van der Waals surface area contributed by atoms with Crippen molar-refractivity contribution >= 4 is 15.9 Å². The fourth-order valence-electron chi connectivity index (χ4n) is 2.00. The molecule has 0 spiro atoms. The highest BCUT2D eigenvalue weighted by molar-refractivity contribution is 9.09. The maximum absolute atomic E-state index is 13.9. The number of rotatable bonds is 6. The molecule has 0 heterocycles. The summed E-state index contributed by atoms with van der Waals surface area (Å²) in [7, 11) is 1.63. The molecule has 0 saturated heterocycles. The van der Waals surface area contributed by atoms with Gasteiger partial charge in [0.15, 0.2) is 11.6 Å². The fourth-order valence-corrected chi connectivity index (χ4v) is 2.86. The van der Waals surface area contributed by atoms with Gasteiger partial charge in [-0.25, -0.2) is 4.39 Å². The SMILES string of the molecule is COCCOC1C(Br)CC1Oc1cccc(C)c1F. The summed E-state index contributed by atoms with van der Waals surface area (Å²) in [5.74, 6) is 0.000838. The molecule has 1 aromatic carbocycles. The smallest absolute Gasteiger partial charge is 0.167 e. The highest BCUT2D eigenvalue weighted by Gasteiger charge is 2.42. The summed E-state index contributed by atoms with van der Waals surface area (Å²) in [4.78, 5) is 0.252. The molecule has 1 aromatic rings. The quantitative estimate of drug-likeness (QED) is 0.592. The van der Waals surface area contributed by atoms with E-state index in [4.69, 9.17) is 14.2 Å². The van der Waals surface area contributed by atoms with Crippen LogP contribution in [0.15, 0.2) is 18.2 Å². The van der Waals surface area contributed by atoms with Gasteiger partial charge >= 0.3 is 0 Å². The maximum Gasteiger partial charge on any atom is 0.167 e. The summed E-state index contributed by atoms with van der Waals surface area (Å²) in [5, 5.41) is 0. The van der Waals surface area contributed by atoms with E-state index in [2.05, 4.69) is 15.9 Å². The molecule has 3 nitrogen and oxygen atoms in total. The van der Waals surface area contributed by atoms with Gasteiger partial charge in [-0.3, -0.25) is 0 Å². The number of benzene rings is 1. The minimum atomic E-state index is -0.295. The van der Waals surface area contributed by atoms with Gasteiger partial charge in [-0.2, -0.15) is 0 Å². The van der Waals surface area contributed by atoms with Crippen LogP contribution in [0.25, 0.3) is 0 Å². The summed E-state index contributed by atoms with van der Waals surface area (Å²) in [5.41, 5.74) is 0.587. The van der Waals surface area contributed by atoms with Crippen LogP contribution in [-0.2, 0) is 9.47 Å². The normalized spacial score (nSPS) is 26.0. The lowest BCUT2D eigenvalue weighted by Crippen LogP contribution is -2.52. The Labute approximate surface area is 121 Å². The van der Waals surface area contributed by atoms with Gasteiger partial charge in [0, 0.05) is 18.4 Å². The summed E-state index contributed by atoms with van der Waals surface area (Å²) >= 11 is 3.53. The van der Waals surface area contributed by atoms with Crippen molar-refractivity contribution < 1.29 is 18.6 Å². The van der Waals surface area contributed by atoms with Crippen LogP contribution in [0.4, 0.5) is 4.39 Å². The zero-order valence-electron chi connectivity index (χ0n) is 11.1. The minimum Gasteiger partial charge on any atom is -0.485 e. The Morgan fingerprint density at radius 1 is 1.37 bits per heavy atom. The molecule has 106 valence electrons. The molecule has 0 bridgehead atoms. The predicted molar refractivity (Wildman–Crippen MR) is 74.5 cm³/mol. The average molecular weight is 333 g/mol. The van der Waals surface area contributed by atoms with Crippen molar-refractivity contribution in [1.82, 2.24) is 0 Å². The van der Waals surface area contributed by atoms with E-state index in [9.17, 15) is 4.39 Å². The Morgan fingerprint density at radius 3 is 2.84 bits per heavy atom. The first-order valence-corrected chi connectivity index (χ1v) is 7.21. The predicted octanol–water partition coefficient (Wildman–Crippen LogP) is 3.08. The van der Waals surface area contributed by atoms with Crippen LogP contribution in [0.3, 0.4) is 0 Å². The Hall–Kier alpha value is -0.650. The van der Waals surface area contributed by atoms with Crippen LogP contribution < -0.4 is 4.74 Å². The monoisotopic (exact) mass is 332 g/mol. The third-order valence-corrected chi connectivity index (χ3v) is 4.11. The van der Waals surface area contributed by atoms with Crippen LogP contribution in [0.2, 0.25) is 0 Å². The third-order valence-electron chi connectivity index (χ3n) is 3.21. The standard InChI is InChI=1S/C14H18BrFO3/c1-9-4-3-5-11(13(9)16)19-12-8-10(15)14(12)18-7-6-17-2/h3-5,10,12,14H,6-8H2,1-2H3. The first kappa shape index (κ1) is 14.8. The second-order valence-corrected chi connectivity index (χ2v) is 5.80. The first-order valence-electron chi connectivity index (χ1n) is 6.30. The van der Waals surface area contributed by atoms with E-state index in [0.29, 0.717) is 24.5 Å². The third kappa shape index (κ3) is 3.46. The van der Waals surface area contributed by atoms with Gasteiger partial charge in [0.2, 0.25) is 0 Å². The average Bonchev–Trinajstić information content (AvgIpc) is 2.39. The van der Waals surface area contributed by atoms with E-state index < -0.39 is 0 Å². The van der Waals surface area contributed by atoms with Crippen molar-refractivity contribution in [3.8, 4) is 5.75 Å². The molecular weight excluding hydrogens is 315 g/mol. The molecule has 3 atom stereocenters. The second-order valence-electron chi connectivity index (χ2n) is 4.62. The van der Waals surface area contributed by atoms with Gasteiger partial charge in [-0.15, -0.1) is 0 Å². The van der Waals surface area contributed by atoms with Crippen molar-refractivity contribution in [3.05, 3.63) is 29.6 Å². The van der Waals surface area contributed by atoms with Gasteiger partial charge in [-0.05, 0) is 18.6 Å². The second kappa shape index (κ2) is 6.68. The molecule has 0 aromatic heterocycles.